The molecule has 0 aliphatic carbocycles. The summed E-state index contributed by atoms with van der Waals surface area (Å²) in [6, 6.07) is 18.2. The summed E-state index contributed by atoms with van der Waals surface area (Å²) in [7, 11) is 0. The molecule has 1 atom stereocenters. The summed E-state index contributed by atoms with van der Waals surface area (Å²) >= 11 is 3.12. The van der Waals surface area contributed by atoms with E-state index in [9.17, 15) is 14.4 Å². The highest BCUT2D eigenvalue weighted by molar-refractivity contribution is 9.10. The Morgan fingerprint density at radius 3 is 2.39 bits per heavy atom. The first-order valence-electron chi connectivity index (χ1n) is 8.37. The second kappa shape index (κ2) is 8.67. The van der Waals surface area contributed by atoms with Gasteiger partial charge in [-0.25, -0.2) is 4.79 Å². The molecule has 2 aromatic carbocycles. The van der Waals surface area contributed by atoms with Gasteiger partial charge in [-0.15, -0.1) is 0 Å². The van der Waals surface area contributed by atoms with Crippen molar-refractivity contribution in [2.75, 3.05) is 5.32 Å². The van der Waals surface area contributed by atoms with Crippen LogP contribution in [0.5, 0.6) is 0 Å². The molecule has 0 saturated carbocycles. The molecule has 1 N–H and O–H groups in total. The van der Waals surface area contributed by atoms with E-state index in [2.05, 4.69) is 21.2 Å². The van der Waals surface area contributed by atoms with Crippen LogP contribution in [0.3, 0.4) is 0 Å². The minimum atomic E-state index is -1.20. The molecular weight excluding hydrogens is 426 g/mol. The number of rotatable bonds is 6. The number of hydrogen-bond donors (Lipinski definition) is 1. The maximum Gasteiger partial charge on any atom is 0.375 e. The molecule has 3 rings (SSSR count). The molecule has 6 nitrogen and oxygen atoms in total. The standard InChI is InChI=1S/C21H16BrNO5/c1-13(24)15-8-5-9-16(12-15)23-20(25)19(14-6-3-2-4-7-14)28-21(26)17-10-11-18(22)27-17/h2-12,19H,1H3,(H,23,25)/t19-/m0/s1. The SMILES string of the molecule is CC(=O)c1cccc(NC(=O)[C@@H](OC(=O)c2ccc(Br)o2)c2ccccc2)c1. The summed E-state index contributed by atoms with van der Waals surface area (Å²) < 4.78 is 11.0. The van der Waals surface area contributed by atoms with Gasteiger partial charge in [-0.3, -0.25) is 9.59 Å². The Morgan fingerprint density at radius 1 is 1.00 bits per heavy atom. The fraction of sp³-hybridized carbons (Fsp3) is 0.0952. The minimum absolute atomic E-state index is 0.0285. The fourth-order valence-electron chi connectivity index (χ4n) is 2.51. The lowest BCUT2D eigenvalue weighted by Gasteiger charge is -2.17. The smallest absolute Gasteiger partial charge is 0.375 e. The van der Waals surface area contributed by atoms with Crippen LogP contribution in [-0.4, -0.2) is 17.7 Å². The van der Waals surface area contributed by atoms with Gasteiger partial charge in [0.25, 0.3) is 5.91 Å². The molecule has 142 valence electrons. The van der Waals surface area contributed by atoms with E-state index in [0.29, 0.717) is 21.5 Å². The molecule has 1 heterocycles. The predicted octanol–water partition coefficient (Wildman–Crippen LogP) is 4.78. The number of ketones is 1. The fourth-order valence-corrected chi connectivity index (χ4v) is 2.82. The molecule has 0 fully saturated rings. The lowest BCUT2D eigenvalue weighted by molar-refractivity contribution is -0.125. The first kappa shape index (κ1) is 19.6. The molecule has 0 aliphatic rings. The maximum absolute atomic E-state index is 12.9. The molecule has 0 radical (unpaired) electrons. The second-order valence-corrected chi connectivity index (χ2v) is 6.71. The minimum Gasteiger partial charge on any atom is -0.442 e. The van der Waals surface area contributed by atoms with Gasteiger partial charge in [-0.05, 0) is 47.1 Å². The van der Waals surface area contributed by atoms with Crippen molar-refractivity contribution in [1.29, 1.82) is 0 Å². The molecule has 0 aliphatic heterocycles. The Balaban J connectivity index is 1.84. The van der Waals surface area contributed by atoms with E-state index in [1.54, 1.807) is 60.7 Å². The zero-order valence-electron chi connectivity index (χ0n) is 14.8. The van der Waals surface area contributed by atoms with E-state index in [-0.39, 0.29) is 11.5 Å². The van der Waals surface area contributed by atoms with Crippen LogP contribution < -0.4 is 5.32 Å². The van der Waals surface area contributed by atoms with Crippen molar-refractivity contribution < 1.29 is 23.5 Å². The molecule has 3 aromatic rings. The van der Waals surface area contributed by atoms with Gasteiger partial charge in [0.05, 0.1) is 0 Å². The molecular formula is C21H16BrNO5. The average Bonchev–Trinajstić information content (AvgIpc) is 3.13. The van der Waals surface area contributed by atoms with E-state index in [1.807, 2.05) is 0 Å². The number of nitrogens with one attached hydrogen (secondary N) is 1. The van der Waals surface area contributed by atoms with Crippen molar-refractivity contribution in [2.45, 2.75) is 13.0 Å². The maximum atomic E-state index is 12.9. The molecule has 0 bridgehead atoms. The van der Waals surface area contributed by atoms with Crippen LogP contribution in [0.4, 0.5) is 5.69 Å². The third-order valence-corrected chi connectivity index (χ3v) is 4.30. The highest BCUT2D eigenvalue weighted by atomic mass is 79.9. The summed E-state index contributed by atoms with van der Waals surface area (Å²) in [5, 5.41) is 2.69. The van der Waals surface area contributed by atoms with Gasteiger partial charge in [-0.1, -0.05) is 42.5 Å². The zero-order valence-corrected chi connectivity index (χ0v) is 16.4. The number of ether oxygens (including phenoxy) is 1. The first-order valence-corrected chi connectivity index (χ1v) is 9.16. The lowest BCUT2D eigenvalue weighted by atomic mass is 10.1. The van der Waals surface area contributed by atoms with Gasteiger partial charge in [0.15, 0.2) is 10.5 Å². The number of anilines is 1. The quantitative estimate of drug-likeness (QED) is 0.439. The number of hydrogen-bond acceptors (Lipinski definition) is 5. The monoisotopic (exact) mass is 441 g/mol. The van der Waals surface area contributed by atoms with Gasteiger partial charge < -0.3 is 14.5 Å². The molecule has 1 amide bonds. The van der Waals surface area contributed by atoms with Gasteiger partial charge in [0.1, 0.15) is 0 Å². The largest absolute Gasteiger partial charge is 0.442 e. The Labute approximate surface area is 169 Å². The molecule has 0 saturated heterocycles. The third kappa shape index (κ3) is 4.75. The number of esters is 1. The lowest BCUT2D eigenvalue weighted by Crippen LogP contribution is -2.26. The first-order chi connectivity index (χ1) is 13.4. The summed E-state index contributed by atoms with van der Waals surface area (Å²) in [5.41, 5.74) is 1.39. The van der Waals surface area contributed by atoms with E-state index < -0.39 is 18.0 Å². The molecule has 28 heavy (non-hydrogen) atoms. The van der Waals surface area contributed by atoms with Crippen LogP contribution in [0.1, 0.15) is 39.5 Å². The van der Waals surface area contributed by atoms with Crippen molar-refractivity contribution in [2.24, 2.45) is 0 Å². The van der Waals surface area contributed by atoms with Crippen LogP contribution in [0.2, 0.25) is 0 Å². The van der Waals surface area contributed by atoms with Crippen LogP contribution in [0, 0.1) is 0 Å². The number of benzene rings is 2. The van der Waals surface area contributed by atoms with Crippen molar-refractivity contribution >= 4 is 39.3 Å². The number of Topliss-reactive ketones (excluding diaryl/α,β-unsaturated/α-hetero) is 1. The number of amides is 1. The Hall–Kier alpha value is -3.19. The molecule has 0 spiro atoms. The molecule has 1 aromatic heterocycles. The van der Waals surface area contributed by atoms with Gasteiger partial charge in [-0.2, -0.15) is 0 Å². The number of furan rings is 1. The van der Waals surface area contributed by atoms with Crippen LogP contribution in [0.15, 0.2) is 75.8 Å². The van der Waals surface area contributed by atoms with Crippen molar-refractivity contribution in [1.82, 2.24) is 0 Å². The zero-order chi connectivity index (χ0) is 20.1. The summed E-state index contributed by atoms with van der Waals surface area (Å²) in [5.74, 6) is -1.47. The van der Waals surface area contributed by atoms with E-state index in [1.165, 1.54) is 13.0 Å². The molecule has 7 heteroatoms. The van der Waals surface area contributed by atoms with Crippen molar-refractivity contribution in [3.8, 4) is 0 Å². The Kier molecular flexibility index (Phi) is 6.06. The van der Waals surface area contributed by atoms with E-state index >= 15 is 0 Å². The summed E-state index contributed by atoms with van der Waals surface area (Å²) in [6.45, 7) is 1.44. The van der Waals surface area contributed by atoms with Gasteiger partial charge >= 0.3 is 5.97 Å². The summed E-state index contributed by atoms with van der Waals surface area (Å²) in [4.78, 5) is 36.8. The van der Waals surface area contributed by atoms with Crippen molar-refractivity contribution in [3.05, 3.63) is 88.3 Å². The van der Waals surface area contributed by atoms with Crippen LogP contribution >= 0.6 is 15.9 Å². The Morgan fingerprint density at radius 2 is 1.75 bits per heavy atom. The summed E-state index contributed by atoms with van der Waals surface area (Å²) in [6.07, 6.45) is -1.20. The third-order valence-electron chi connectivity index (χ3n) is 3.88. The van der Waals surface area contributed by atoms with E-state index in [4.69, 9.17) is 9.15 Å². The number of carbonyl (C=O) groups excluding carboxylic acids is 3. The Bertz CT molecular complexity index is 1010. The van der Waals surface area contributed by atoms with E-state index in [0.717, 1.165) is 0 Å². The topological polar surface area (TPSA) is 85.6 Å². The number of carbonyl (C=O) groups is 3. The van der Waals surface area contributed by atoms with Gasteiger partial charge in [0.2, 0.25) is 11.9 Å². The highest BCUT2D eigenvalue weighted by Gasteiger charge is 2.27. The van der Waals surface area contributed by atoms with Crippen LogP contribution in [-0.2, 0) is 9.53 Å². The van der Waals surface area contributed by atoms with Gasteiger partial charge in [0, 0.05) is 16.8 Å². The molecule has 0 unspecified atom stereocenters. The predicted molar refractivity (Wildman–Crippen MR) is 106 cm³/mol. The van der Waals surface area contributed by atoms with Crippen molar-refractivity contribution in [3.63, 3.8) is 0 Å². The highest BCUT2D eigenvalue weighted by Crippen LogP contribution is 2.23. The normalized spacial score (nSPS) is 11.5. The second-order valence-electron chi connectivity index (χ2n) is 5.93. The average molecular weight is 442 g/mol. The van der Waals surface area contributed by atoms with Crippen LogP contribution in [0.25, 0.3) is 0 Å². The number of halogens is 1.